The monoisotopic (exact) mass is 142 g/mol. The molecule has 1 unspecified atom stereocenters. The maximum absolute atomic E-state index is 10.8. The Bertz CT molecular complexity index is 174. The number of carbonyl (C=O) groups excluding carboxylic acids is 2. The number of cyclic esters (lactones) is 1. The van der Waals surface area contributed by atoms with Crippen LogP contribution in [0.4, 0.5) is 0 Å². The van der Waals surface area contributed by atoms with Crippen molar-refractivity contribution in [1.82, 2.24) is 0 Å². The van der Waals surface area contributed by atoms with Gasteiger partial charge in [0.15, 0.2) is 0 Å². The van der Waals surface area contributed by atoms with Gasteiger partial charge >= 0.3 is 5.97 Å². The van der Waals surface area contributed by atoms with E-state index in [1.807, 2.05) is 0 Å². The standard InChI is InChI=1S/C7H10O3/c1-4-3-6(5(2)8)7(9)10-4/h4,6H,3H2,1-2H3/t4?,6-/m0/s1. The number of hydrogen-bond donors (Lipinski definition) is 0. The summed E-state index contributed by atoms with van der Waals surface area (Å²) >= 11 is 0. The molecule has 1 aliphatic rings. The molecule has 0 bridgehead atoms. The van der Waals surface area contributed by atoms with Gasteiger partial charge < -0.3 is 4.74 Å². The highest BCUT2D eigenvalue weighted by molar-refractivity contribution is 5.98. The number of carbonyl (C=O) groups is 2. The molecule has 0 aromatic rings. The van der Waals surface area contributed by atoms with Gasteiger partial charge in [-0.15, -0.1) is 0 Å². The van der Waals surface area contributed by atoms with Crippen LogP contribution in [0.15, 0.2) is 0 Å². The molecule has 0 spiro atoms. The molecule has 0 N–H and O–H groups in total. The summed E-state index contributed by atoms with van der Waals surface area (Å²) in [4.78, 5) is 21.5. The fourth-order valence-corrected chi connectivity index (χ4v) is 1.09. The van der Waals surface area contributed by atoms with Crippen LogP contribution >= 0.6 is 0 Å². The highest BCUT2D eigenvalue weighted by Gasteiger charge is 2.34. The maximum Gasteiger partial charge on any atom is 0.316 e. The molecule has 0 amide bonds. The van der Waals surface area contributed by atoms with E-state index in [1.165, 1.54) is 6.92 Å². The predicted molar refractivity (Wildman–Crippen MR) is 34.3 cm³/mol. The summed E-state index contributed by atoms with van der Waals surface area (Å²) in [6, 6.07) is 0. The van der Waals surface area contributed by atoms with Gasteiger partial charge in [-0.2, -0.15) is 0 Å². The topological polar surface area (TPSA) is 43.4 Å². The normalized spacial score (nSPS) is 32.0. The highest BCUT2D eigenvalue weighted by atomic mass is 16.5. The zero-order valence-corrected chi connectivity index (χ0v) is 6.09. The Morgan fingerprint density at radius 3 is 2.50 bits per heavy atom. The number of ether oxygens (including phenoxy) is 1. The smallest absolute Gasteiger partial charge is 0.316 e. The molecular formula is C7H10O3. The second-order valence-corrected chi connectivity index (χ2v) is 2.65. The Labute approximate surface area is 59.4 Å². The SMILES string of the molecule is CC(=O)[C@@H]1CC(C)OC1=O. The van der Waals surface area contributed by atoms with Gasteiger partial charge in [-0.3, -0.25) is 9.59 Å². The molecule has 1 fully saturated rings. The molecule has 1 rings (SSSR count). The molecular weight excluding hydrogens is 132 g/mol. The molecule has 0 aromatic heterocycles. The van der Waals surface area contributed by atoms with Gasteiger partial charge in [-0.05, 0) is 13.8 Å². The Hall–Kier alpha value is -0.860. The van der Waals surface area contributed by atoms with Crippen LogP contribution < -0.4 is 0 Å². The summed E-state index contributed by atoms with van der Waals surface area (Å²) in [5.74, 6) is -0.940. The van der Waals surface area contributed by atoms with Crippen molar-refractivity contribution in [3.63, 3.8) is 0 Å². The van der Waals surface area contributed by atoms with E-state index in [-0.39, 0.29) is 17.9 Å². The van der Waals surface area contributed by atoms with Gasteiger partial charge in [-0.1, -0.05) is 0 Å². The minimum absolute atomic E-state index is 0.0820. The van der Waals surface area contributed by atoms with E-state index < -0.39 is 5.92 Å². The van der Waals surface area contributed by atoms with E-state index in [2.05, 4.69) is 0 Å². The maximum atomic E-state index is 10.8. The van der Waals surface area contributed by atoms with Crippen LogP contribution in [0.1, 0.15) is 20.3 Å². The van der Waals surface area contributed by atoms with Crippen LogP contribution in [0.3, 0.4) is 0 Å². The van der Waals surface area contributed by atoms with Crippen LogP contribution in [0, 0.1) is 5.92 Å². The van der Waals surface area contributed by atoms with Crippen molar-refractivity contribution in [3.8, 4) is 0 Å². The van der Waals surface area contributed by atoms with Gasteiger partial charge in [0, 0.05) is 6.42 Å². The summed E-state index contributed by atoms with van der Waals surface area (Å²) < 4.78 is 4.78. The third-order valence-electron chi connectivity index (χ3n) is 1.66. The average Bonchev–Trinajstić information content (AvgIpc) is 2.10. The number of esters is 1. The van der Waals surface area contributed by atoms with Crippen LogP contribution in [0.2, 0.25) is 0 Å². The van der Waals surface area contributed by atoms with Crippen LogP contribution in [0.25, 0.3) is 0 Å². The molecule has 0 aromatic carbocycles. The van der Waals surface area contributed by atoms with Crippen molar-refractivity contribution in [2.45, 2.75) is 26.4 Å². The summed E-state index contributed by atoms with van der Waals surface area (Å²) in [7, 11) is 0. The van der Waals surface area contributed by atoms with E-state index in [0.717, 1.165) is 0 Å². The Kier molecular flexibility index (Phi) is 1.74. The van der Waals surface area contributed by atoms with Gasteiger partial charge in [0.1, 0.15) is 17.8 Å². The number of Topliss-reactive ketones (excluding diaryl/α,β-unsaturated/α-hetero) is 1. The highest BCUT2D eigenvalue weighted by Crippen LogP contribution is 2.20. The van der Waals surface area contributed by atoms with Gasteiger partial charge in [0.2, 0.25) is 0 Å². The molecule has 1 aliphatic heterocycles. The first-order valence-electron chi connectivity index (χ1n) is 3.32. The third-order valence-corrected chi connectivity index (χ3v) is 1.66. The Balaban J connectivity index is 2.63. The molecule has 3 heteroatoms. The molecule has 2 atom stereocenters. The molecule has 0 saturated carbocycles. The van der Waals surface area contributed by atoms with E-state index in [4.69, 9.17) is 4.74 Å². The van der Waals surface area contributed by atoms with E-state index in [9.17, 15) is 9.59 Å². The van der Waals surface area contributed by atoms with Crippen LogP contribution in [-0.2, 0) is 14.3 Å². The van der Waals surface area contributed by atoms with Gasteiger partial charge in [0.25, 0.3) is 0 Å². The summed E-state index contributed by atoms with van der Waals surface area (Å²) in [6.07, 6.45) is 0.468. The van der Waals surface area contributed by atoms with Crippen LogP contribution in [-0.4, -0.2) is 17.9 Å². The fourth-order valence-electron chi connectivity index (χ4n) is 1.09. The summed E-state index contributed by atoms with van der Waals surface area (Å²) in [5.41, 5.74) is 0. The van der Waals surface area contributed by atoms with Gasteiger partial charge in [0.05, 0.1) is 0 Å². The first kappa shape index (κ1) is 7.25. The lowest BCUT2D eigenvalue weighted by Crippen LogP contribution is -2.15. The lowest BCUT2D eigenvalue weighted by molar-refractivity contribution is -0.146. The fraction of sp³-hybridized carbons (Fsp3) is 0.714. The first-order valence-corrected chi connectivity index (χ1v) is 3.32. The molecule has 0 aliphatic carbocycles. The first-order chi connectivity index (χ1) is 4.61. The molecule has 56 valence electrons. The zero-order valence-electron chi connectivity index (χ0n) is 6.09. The largest absolute Gasteiger partial charge is 0.462 e. The van der Waals surface area contributed by atoms with Crippen molar-refractivity contribution in [2.75, 3.05) is 0 Å². The molecule has 0 radical (unpaired) electrons. The number of rotatable bonds is 1. The van der Waals surface area contributed by atoms with E-state index in [1.54, 1.807) is 6.92 Å². The van der Waals surface area contributed by atoms with Crippen molar-refractivity contribution in [1.29, 1.82) is 0 Å². The van der Waals surface area contributed by atoms with Crippen molar-refractivity contribution in [3.05, 3.63) is 0 Å². The molecule has 1 saturated heterocycles. The molecule has 3 nitrogen and oxygen atoms in total. The lowest BCUT2D eigenvalue weighted by atomic mass is 10.0. The van der Waals surface area contributed by atoms with Crippen molar-refractivity contribution >= 4 is 11.8 Å². The average molecular weight is 142 g/mol. The van der Waals surface area contributed by atoms with Gasteiger partial charge in [-0.25, -0.2) is 0 Å². The van der Waals surface area contributed by atoms with E-state index >= 15 is 0 Å². The number of ketones is 1. The van der Waals surface area contributed by atoms with Crippen LogP contribution in [0.5, 0.6) is 0 Å². The van der Waals surface area contributed by atoms with E-state index in [0.29, 0.717) is 6.42 Å². The zero-order chi connectivity index (χ0) is 7.72. The molecule has 10 heavy (non-hydrogen) atoms. The second kappa shape index (κ2) is 2.40. The second-order valence-electron chi connectivity index (χ2n) is 2.65. The lowest BCUT2D eigenvalue weighted by Gasteiger charge is -1.95. The quantitative estimate of drug-likeness (QED) is 0.396. The third kappa shape index (κ3) is 1.17. The molecule has 1 heterocycles. The number of hydrogen-bond acceptors (Lipinski definition) is 3. The van der Waals surface area contributed by atoms with Crippen molar-refractivity contribution < 1.29 is 14.3 Å². The summed E-state index contributed by atoms with van der Waals surface area (Å²) in [6.45, 7) is 3.21. The summed E-state index contributed by atoms with van der Waals surface area (Å²) in [5, 5.41) is 0. The Morgan fingerprint density at radius 2 is 2.30 bits per heavy atom. The minimum Gasteiger partial charge on any atom is -0.462 e. The van der Waals surface area contributed by atoms with Crippen molar-refractivity contribution in [2.24, 2.45) is 5.92 Å². The minimum atomic E-state index is -0.491. The predicted octanol–water partition coefficient (Wildman–Crippen LogP) is 0.527. The Morgan fingerprint density at radius 1 is 1.70 bits per heavy atom.